The van der Waals surface area contributed by atoms with Crippen molar-refractivity contribution >= 4 is 6.09 Å². The van der Waals surface area contributed by atoms with E-state index >= 15 is 0 Å². The topological polar surface area (TPSA) is 41.6 Å². The molecule has 0 aromatic carbocycles. The molecule has 0 aromatic heterocycles. The molecular weight excluding hydrogens is 156 g/mol. The van der Waals surface area contributed by atoms with E-state index in [-0.39, 0.29) is 6.09 Å². The minimum Gasteiger partial charge on any atom is -0.448 e. The molecule has 0 unspecified atom stereocenters. The van der Waals surface area contributed by atoms with Gasteiger partial charge in [0.05, 0.1) is 6.54 Å². The van der Waals surface area contributed by atoms with Gasteiger partial charge >= 0.3 is 6.09 Å². The van der Waals surface area contributed by atoms with Crippen LogP contribution in [0, 0.1) is 5.92 Å². The summed E-state index contributed by atoms with van der Waals surface area (Å²) in [5.74, 6) is 0.776. The number of cyclic esters (lactones) is 1. The molecule has 4 heteroatoms. The van der Waals surface area contributed by atoms with Gasteiger partial charge in [-0.15, -0.1) is 0 Å². The second-order valence-electron chi connectivity index (χ2n) is 3.41. The first-order chi connectivity index (χ1) is 5.86. The van der Waals surface area contributed by atoms with Crippen molar-refractivity contribution in [3.8, 4) is 0 Å². The van der Waals surface area contributed by atoms with Crippen LogP contribution < -0.4 is 5.32 Å². The zero-order valence-corrected chi connectivity index (χ0v) is 7.08. The maximum atomic E-state index is 11.0. The summed E-state index contributed by atoms with van der Waals surface area (Å²) in [6.45, 7) is 4.44. The maximum absolute atomic E-state index is 11.0. The van der Waals surface area contributed by atoms with Gasteiger partial charge in [0.2, 0.25) is 0 Å². The number of hydrogen-bond acceptors (Lipinski definition) is 3. The monoisotopic (exact) mass is 170 g/mol. The summed E-state index contributed by atoms with van der Waals surface area (Å²) in [7, 11) is 0. The van der Waals surface area contributed by atoms with Crippen molar-refractivity contribution < 1.29 is 9.53 Å². The summed E-state index contributed by atoms with van der Waals surface area (Å²) in [6, 6.07) is 0. The average molecular weight is 170 g/mol. The Bertz CT molecular complexity index is 180. The van der Waals surface area contributed by atoms with Gasteiger partial charge in [-0.05, 0) is 25.4 Å². The van der Waals surface area contributed by atoms with Crippen LogP contribution in [0.15, 0.2) is 0 Å². The molecule has 0 spiro atoms. The summed E-state index contributed by atoms with van der Waals surface area (Å²) < 4.78 is 4.82. The van der Waals surface area contributed by atoms with Gasteiger partial charge in [0.15, 0.2) is 0 Å². The van der Waals surface area contributed by atoms with Crippen molar-refractivity contribution in [3.63, 3.8) is 0 Å². The lowest BCUT2D eigenvalue weighted by atomic mass is 9.99. The van der Waals surface area contributed by atoms with E-state index in [9.17, 15) is 4.79 Å². The number of hydrogen-bond donors (Lipinski definition) is 1. The fourth-order valence-corrected chi connectivity index (χ4v) is 1.52. The molecular formula is C8H14N2O2. The van der Waals surface area contributed by atoms with E-state index in [1.807, 2.05) is 0 Å². The number of carbonyl (C=O) groups is 1. The third-order valence-corrected chi connectivity index (χ3v) is 2.52. The van der Waals surface area contributed by atoms with Gasteiger partial charge in [0.25, 0.3) is 0 Å². The van der Waals surface area contributed by atoms with Crippen molar-refractivity contribution in [2.45, 2.75) is 6.42 Å². The first kappa shape index (κ1) is 7.86. The molecule has 2 rings (SSSR count). The van der Waals surface area contributed by atoms with Crippen LogP contribution in [0.2, 0.25) is 0 Å². The van der Waals surface area contributed by atoms with E-state index in [2.05, 4.69) is 5.32 Å². The third-order valence-electron chi connectivity index (χ3n) is 2.52. The van der Waals surface area contributed by atoms with E-state index < -0.39 is 0 Å². The highest BCUT2D eigenvalue weighted by Crippen LogP contribution is 2.11. The van der Waals surface area contributed by atoms with E-state index in [4.69, 9.17) is 4.74 Å². The fourth-order valence-electron chi connectivity index (χ4n) is 1.52. The Morgan fingerprint density at radius 2 is 2.42 bits per heavy atom. The smallest absolute Gasteiger partial charge is 0.409 e. The number of amides is 1. The molecule has 0 bridgehead atoms. The number of ether oxygens (including phenoxy) is 1. The van der Waals surface area contributed by atoms with Crippen LogP contribution in [0.25, 0.3) is 0 Å². The first-order valence-electron chi connectivity index (χ1n) is 4.48. The minimum absolute atomic E-state index is 0.137. The van der Waals surface area contributed by atoms with Crippen molar-refractivity contribution in [1.82, 2.24) is 10.2 Å². The van der Waals surface area contributed by atoms with Gasteiger partial charge in [-0.1, -0.05) is 0 Å². The Labute approximate surface area is 71.9 Å². The van der Waals surface area contributed by atoms with Crippen LogP contribution in [-0.4, -0.2) is 43.8 Å². The molecule has 2 aliphatic heterocycles. The normalized spacial score (nSPS) is 24.0. The first-order valence-corrected chi connectivity index (χ1v) is 4.48. The van der Waals surface area contributed by atoms with Gasteiger partial charge in [-0.2, -0.15) is 0 Å². The van der Waals surface area contributed by atoms with Gasteiger partial charge in [-0.3, -0.25) is 0 Å². The molecule has 2 saturated heterocycles. The molecule has 0 aliphatic carbocycles. The van der Waals surface area contributed by atoms with Gasteiger partial charge in [0, 0.05) is 6.54 Å². The second-order valence-corrected chi connectivity index (χ2v) is 3.41. The molecule has 0 atom stereocenters. The van der Waals surface area contributed by atoms with Gasteiger partial charge in [0.1, 0.15) is 6.61 Å². The van der Waals surface area contributed by atoms with Crippen LogP contribution in [0.4, 0.5) is 4.79 Å². The molecule has 1 N–H and O–H groups in total. The highest BCUT2D eigenvalue weighted by atomic mass is 16.6. The summed E-state index contributed by atoms with van der Waals surface area (Å²) in [6.07, 6.45) is 0.976. The minimum atomic E-state index is -0.137. The predicted octanol–water partition coefficient (Wildman–Crippen LogP) is 0.0481. The maximum Gasteiger partial charge on any atom is 0.409 e. The van der Waals surface area contributed by atoms with E-state index in [0.29, 0.717) is 6.61 Å². The average Bonchev–Trinajstić information content (AvgIpc) is 2.33. The molecule has 1 amide bonds. The van der Waals surface area contributed by atoms with E-state index in [1.165, 1.54) is 0 Å². The molecule has 2 heterocycles. The summed E-state index contributed by atoms with van der Waals surface area (Å²) in [5, 5.41) is 3.21. The molecule has 2 fully saturated rings. The van der Waals surface area contributed by atoms with Crippen LogP contribution >= 0.6 is 0 Å². The molecule has 4 nitrogen and oxygen atoms in total. The number of nitrogens with one attached hydrogen (secondary N) is 1. The van der Waals surface area contributed by atoms with Crippen molar-refractivity contribution in [2.24, 2.45) is 5.92 Å². The quantitative estimate of drug-likeness (QED) is 0.650. The van der Waals surface area contributed by atoms with Crippen LogP contribution in [0.1, 0.15) is 6.42 Å². The fraction of sp³-hybridized carbons (Fsp3) is 0.875. The summed E-state index contributed by atoms with van der Waals surface area (Å²) >= 11 is 0. The van der Waals surface area contributed by atoms with E-state index in [1.54, 1.807) is 4.90 Å². The van der Waals surface area contributed by atoms with Crippen LogP contribution in [0.3, 0.4) is 0 Å². The Morgan fingerprint density at radius 1 is 1.58 bits per heavy atom. The lowest BCUT2D eigenvalue weighted by Crippen LogP contribution is -2.43. The van der Waals surface area contributed by atoms with Gasteiger partial charge < -0.3 is 15.0 Å². The summed E-state index contributed by atoms with van der Waals surface area (Å²) in [4.78, 5) is 12.8. The standard InChI is InChI=1S/C8H14N2O2/c11-8-10(3-4-12-8)2-1-7-5-9-6-7/h7,9H,1-6H2. The molecule has 2 aliphatic rings. The molecule has 0 saturated carbocycles. The molecule has 0 radical (unpaired) electrons. The largest absolute Gasteiger partial charge is 0.448 e. The molecule has 0 aromatic rings. The number of rotatable bonds is 3. The Balaban J connectivity index is 1.68. The highest BCUT2D eigenvalue weighted by Gasteiger charge is 2.24. The van der Waals surface area contributed by atoms with Crippen LogP contribution in [0.5, 0.6) is 0 Å². The molecule has 12 heavy (non-hydrogen) atoms. The van der Waals surface area contributed by atoms with E-state index in [0.717, 1.165) is 38.5 Å². The van der Waals surface area contributed by atoms with Gasteiger partial charge in [-0.25, -0.2) is 4.79 Å². The third kappa shape index (κ3) is 1.53. The van der Waals surface area contributed by atoms with Crippen molar-refractivity contribution in [3.05, 3.63) is 0 Å². The Hall–Kier alpha value is -0.770. The SMILES string of the molecule is O=C1OCCN1CCC1CNC1. The molecule has 68 valence electrons. The zero-order valence-electron chi connectivity index (χ0n) is 7.08. The lowest BCUT2D eigenvalue weighted by molar-refractivity contribution is 0.155. The number of nitrogens with zero attached hydrogens (tertiary/aromatic N) is 1. The number of carbonyl (C=O) groups excluding carboxylic acids is 1. The zero-order chi connectivity index (χ0) is 8.39. The Kier molecular flexibility index (Phi) is 2.17. The Morgan fingerprint density at radius 3 is 2.92 bits per heavy atom. The van der Waals surface area contributed by atoms with Crippen LogP contribution in [-0.2, 0) is 4.74 Å². The summed E-state index contributed by atoms with van der Waals surface area (Å²) in [5.41, 5.74) is 0. The second kappa shape index (κ2) is 3.31. The van der Waals surface area contributed by atoms with Crippen molar-refractivity contribution in [2.75, 3.05) is 32.8 Å². The van der Waals surface area contributed by atoms with Crippen molar-refractivity contribution in [1.29, 1.82) is 0 Å². The lowest BCUT2D eigenvalue weighted by Gasteiger charge is -2.28. The highest BCUT2D eigenvalue weighted by molar-refractivity contribution is 5.69. The predicted molar refractivity (Wildman–Crippen MR) is 43.9 cm³/mol.